The SMILES string of the molecule is CC(C)OCCCn1c(SCC(=O)Nc2cccc(S(N)(=O)=O)c2)nc2ccccc2c1=O. The van der Waals surface area contributed by atoms with Crippen molar-refractivity contribution >= 4 is 44.3 Å². The highest BCUT2D eigenvalue weighted by Gasteiger charge is 2.14. The van der Waals surface area contributed by atoms with Crippen LogP contribution >= 0.6 is 11.8 Å². The molecule has 3 N–H and O–H groups in total. The first-order valence-electron chi connectivity index (χ1n) is 10.3. The summed E-state index contributed by atoms with van der Waals surface area (Å²) in [6.45, 7) is 4.80. The Bertz CT molecular complexity index is 1310. The summed E-state index contributed by atoms with van der Waals surface area (Å²) in [6.07, 6.45) is 0.722. The fraction of sp³-hybridized carbons (Fsp3) is 0.318. The number of primary sulfonamides is 1. The second-order valence-electron chi connectivity index (χ2n) is 7.55. The molecule has 1 aromatic heterocycles. The van der Waals surface area contributed by atoms with E-state index in [1.54, 1.807) is 34.9 Å². The average Bonchev–Trinajstić information content (AvgIpc) is 2.76. The van der Waals surface area contributed by atoms with Gasteiger partial charge in [-0.1, -0.05) is 30.0 Å². The summed E-state index contributed by atoms with van der Waals surface area (Å²) < 4.78 is 30.2. The number of nitrogens with one attached hydrogen (secondary N) is 1. The number of fused-ring (bicyclic) bond motifs is 1. The van der Waals surface area contributed by atoms with Gasteiger partial charge in [-0.25, -0.2) is 18.5 Å². The van der Waals surface area contributed by atoms with E-state index in [2.05, 4.69) is 10.3 Å². The van der Waals surface area contributed by atoms with Crippen LogP contribution in [0.25, 0.3) is 10.9 Å². The monoisotopic (exact) mass is 490 g/mol. The summed E-state index contributed by atoms with van der Waals surface area (Å²) in [5.74, 6) is -0.393. The largest absolute Gasteiger partial charge is 0.379 e. The molecular weight excluding hydrogens is 464 g/mol. The van der Waals surface area contributed by atoms with Crippen LogP contribution in [0.1, 0.15) is 20.3 Å². The summed E-state index contributed by atoms with van der Waals surface area (Å²) in [6, 6.07) is 12.8. The topological polar surface area (TPSA) is 133 Å². The number of para-hydroxylation sites is 1. The van der Waals surface area contributed by atoms with Gasteiger partial charge in [0, 0.05) is 18.8 Å². The minimum Gasteiger partial charge on any atom is -0.379 e. The second-order valence-corrected chi connectivity index (χ2v) is 10.1. The fourth-order valence-electron chi connectivity index (χ4n) is 3.07. The number of carbonyl (C=O) groups excluding carboxylic acids is 1. The number of carbonyl (C=O) groups is 1. The lowest BCUT2D eigenvalue weighted by molar-refractivity contribution is -0.113. The Labute approximate surface area is 196 Å². The van der Waals surface area contributed by atoms with Crippen molar-refractivity contribution in [3.05, 3.63) is 58.9 Å². The van der Waals surface area contributed by atoms with Crippen LogP contribution in [-0.2, 0) is 26.1 Å². The van der Waals surface area contributed by atoms with Crippen molar-refractivity contribution in [3.63, 3.8) is 0 Å². The number of nitrogens with two attached hydrogens (primary N) is 1. The predicted octanol–water partition coefficient (Wildman–Crippen LogP) is 2.59. The Morgan fingerprint density at radius 2 is 1.97 bits per heavy atom. The Morgan fingerprint density at radius 3 is 2.70 bits per heavy atom. The maximum Gasteiger partial charge on any atom is 0.262 e. The lowest BCUT2D eigenvalue weighted by Gasteiger charge is -2.14. The van der Waals surface area contributed by atoms with Crippen LogP contribution in [0.2, 0.25) is 0 Å². The molecule has 0 aliphatic heterocycles. The van der Waals surface area contributed by atoms with Crippen LogP contribution in [-0.4, -0.2) is 42.3 Å². The maximum absolute atomic E-state index is 13.0. The molecule has 0 aliphatic carbocycles. The molecule has 0 spiro atoms. The van der Waals surface area contributed by atoms with E-state index >= 15 is 0 Å². The van der Waals surface area contributed by atoms with Crippen molar-refractivity contribution in [1.82, 2.24) is 9.55 Å². The number of benzene rings is 2. The van der Waals surface area contributed by atoms with Gasteiger partial charge in [0.1, 0.15) is 0 Å². The molecule has 3 aromatic rings. The van der Waals surface area contributed by atoms with Crippen LogP contribution in [0.5, 0.6) is 0 Å². The van der Waals surface area contributed by atoms with Gasteiger partial charge in [0.15, 0.2) is 5.16 Å². The van der Waals surface area contributed by atoms with Crippen LogP contribution in [0, 0.1) is 0 Å². The highest BCUT2D eigenvalue weighted by molar-refractivity contribution is 7.99. The van der Waals surface area contributed by atoms with Crippen LogP contribution < -0.4 is 16.0 Å². The molecule has 0 aliphatic rings. The standard InChI is InChI=1S/C22H26N4O5S2/c1-15(2)31-12-6-11-26-21(28)18-9-3-4-10-19(18)25-22(26)32-14-20(27)24-16-7-5-8-17(13-16)33(23,29)30/h3-5,7-10,13,15H,6,11-12,14H2,1-2H3,(H,24,27)(H2,23,29,30). The first kappa shape index (κ1) is 24.9. The molecule has 0 radical (unpaired) electrons. The molecule has 176 valence electrons. The zero-order valence-electron chi connectivity index (χ0n) is 18.4. The van der Waals surface area contributed by atoms with Gasteiger partial charge < -0.3 is 10.1 Å². The van der Waals surface area contributed by atoms with E-state index in [4.69, 9.17) is 9.88 Å². The van der Waals surface area contributed by atoms with Gasteiger partial charge in [-0.2, -0.15) is 0 Å². The van der Waals surface area contributed by atoms with Gasteiger partial charge in [-0.15, -0.1) is 0 Å². The number of thioether (sulfide) groups is 1. The fourth-order valence-corrected chi connectivity index (χ4v) is 4.46. The van der Waals surface area contributed by atoms with E-state index in [0.29, 0.717) is 41.3 Å². The number of hydrogen-bond donors (Lipinski definition) is 2. The Kier molecular flexibility index (Phi) is 8.25. The zero-order valence-corrected chi connectivity index (χ0v) is 20.0. The van der Waals surface area contributed by atoms with E-state index in [-0.39, 0.29) is 28.2 Å². The quantitative estimate of drug-likeness (QED) is 0.253. The molecule has 9 nitrogen and oxygen atoms in total. The number of aromatic nitrogens is 2. The average molecular weight is 491 g/mol. The number of sulfonamides is 1. The molecule has 1 amide bonds. The Balaban J connectivity index is 1.76. The number of rotatable bonds is 10. The van der Waals surface area contributed by atoms with Gasteiger partial charge in [-0.3, -0.25) is 14.2 Å². The number of ether oxygens (including phenoxy) is 1. The van der Waals surface area contributed by atoms with Crippen LogP contribution in [0.15, 0.2) is 63.4 Å². The first-order valence-corrected chi connectivity index (χ1v) is 12.8. The Morgan fingerprint density at radius 1 is 1.21 bits per heavy atom. The summed E-state index contributed by atoms with van der Waals surface area (Å²) in [7, 11) is -3.88. The van der Waals surface area contributed by atoms with E-state index < -0.39 is 10.0 Å². The molecule has 0 unspecified atom stereocenters. The zero-order chi connectivity index (χ0) is 24.0. The molecule has 0 bridgehead atoms. The highest BCUT2D eigenvalue weighted by atomic mass is 32.2. The van der Waals surface area contributed by atoms with Gasteiger partial charge >= 0.3 is 0 Å². The first-order chi connectivity index (χ1) is 15.6. The minimum atomic E-state index is -3.88. The molecule has 3 rings (SSSR count). The van der Waals surface area contributed by atoms with Crippen molar-refractivity contribution in [2.24, 2.45) is 5.14 Å². The summed E-state index contributed by atoms with van der Waals surface area (Å²) in [4.78, 5) is 30.0. The van der Waals surface area contributed by atoms with Crippen molar-refractivity contribution in [2.75, 3.05) is 17.7 Å². The van der Waals surface area contributed by atoms with Gasteiger partial charge in [-0.05, 0) is 50.6 Å². The van der Waals surface area contributed by atoms with E-state index in [9.17, 15) is 18.0 Å². The van der Waals surface area contributed by atoms with Crippen molar-refractivity contribution in [1.29, 1.82) is 0 Å². The lowest BCUT2D eigenvalue weighted by Crippen LogP contribution is -2.25. The molecule has 2 aromatic carbocycles. The van der Waals surface area contributed by atoms with Crippen LogP contribution in [0.3, 0.4) is 0 Å². The number of anilines is 1. The molecule has 1 heterocycles. The number of nitrogens with zero attached hydrogens (tertiary/aromatic N) is 2. The van der Waals surface area contributed by atoms with Gasteiger partial charge in [0.05, 0.1) is 27.7 Å². The molecular formula is C22H26N4O5S2. The Hall–Kier alpha value is -2.73. The molecule has 0 fully saturated rings. The minimum absolute atomic E-state index is 0.0210. The molecule has 0 atom stereocenters. The molecule has 33 heavy (non-hydrogen) atoms. The molecule has 11 heteroatoms. The third-order valence-electron chi connectivity index (χ3n) is 4.58. The number of hydrogen-bond acceptors (Lipinski definition) is 7. The van der Waals surface area contributed by atoms with Crippen molar-refractivity contribution < 1.29 is 17.9 Å². The smallest absolute Gasteiger partial charge is 0.262 e. The summed E-state index contributed by atoms with van der Waals surface area (Å²) in [5, 5.41) is 8.72. The van der Waals surface area contributed by atoms with E-state index in [1.165, 1.54) is 18.2 Å². The van der Waals surface area contributed by atoms with Gasteiger partial charge in [0.25, 0.3) is 5.56 Å². The molecule has 0 saturated carbocycles. The van der Waals surface area contributed by atoms with Gasteiger partial charge in [0.2, 0.25) is 15.9 Å². The second kappa shape index (κ2) is 10.9. The third kappa shape index (κ3) is 6.87. The maximum atomic E-state index is 13.0. The van der Waals surface area contributed by atoms with E-state index in [1.807, 2.05) is 13.8 Å². The summed E-state index contributed by atoms with van der Waals surface area (Å²) >= 11 is 1.13. The van der Waals surface area contributed by atoms with Crippen molar-refractivity contribution in [3.8, 4) is 0 Å². The third-order valence-corrected chi connectivity index (χ3v) is 6.47. The predicted molar refractivity (Wildman–Crippen MR) is 129 cm³/mol. The van der Waals surface area contributed by atoms with Crippen LogP contribution in [0.4, 0.5) is 5.69 Å². The highest BCUT2D eigenvalue weighted by Crippen LogP contribution is 2.20. The summed E-state index contributed by atoms with van der Waals surface area (Å²) in [5.41, 5.74) is 0.691. The molecule has 0 saturated heterocycles. The number of amides is 1. The lowest BCUT2D eigenvalue weighted by atomic mass is 10.2. The van der Waals surface area contributed by atoms with Crippen molar-refractivity contribution in [2.45, 2.75) is 43.0 Å². The normalized spacial score (nSPS) is 11.8. The van der Waals surface area contributed by atoms with E-state index in [0.717, 1.165) is 11.8 Å².